The Morgan fingerprint density at radius 2 is 1.52 bits per heavy atom. The van der Waals surface area contributed by atoms with E-state index in [4.69, 9.17) is 14.2 Å². The Kier molecular flexibility index (Phi) is 7.72. The van der Waals surface area contributed by atoms with Crippen molar-refractivity contribution < 1.29 is 23.8 Å². The lowest BCUT2D eigenvalue weighted by atomic mass is 10.2. The normalized spacial score (nSPS) is 14.1. The second-order valence-electron chi connectivity index (χ2n) is 7.21. The Morgan fingerprint density at radius 1 is 0.903 bits per heavy atom. The van der Waals surface area contributed by atoms with E-state index in [9.17, 15) is 9.59 Å². The number of hydrogen-bond donors (Lipinski definition) is 1. The van der Waals surface area contributed by atoms with Gasteiger partial charge < -0.3 is 24.4 Å². The summed E-state index contributed by atoms with van der Waals surface area (Å²) in [6.45, 7) is 3.43. The molecule has 0 spiro atoms. The number of ether oxygens (including phenoxy) is 3. The van der Waals surface area contributed by atoms with Gasteiger partial charge in [-0.2, -0.15) is 0 Å². The van der Waals surface area contributed by atoms with Gasteiger partial charge in [-0.15, -0.1) is 0 Å². The quantitative estimate of drug-likeness (QED) is 0.697. The van der Waals surface area contributed by atoms with Crippen molar-refractivity contribution in [3.8, 4) is 17.2 Å². The number of benzene rings is 2. The van der Waals surface area contributed by atoms with E-state index >= 15 is 0 Å². The fourth-order valence-corrected chi connectivity index (χ4v) is 3.57. The fraction of sp³-hybridized carbons (Fsp3) is 0.391. The zero-order chi connectivity index (χ0) is 22.2. The second-order valence-corrected chi connectivity index (χ2v) is 7.21. The summed E-state index contributed by atoms with van der Waals surface area (Å²) in [4.78, 5) is 29.1. The van der Waals surface area contributed by atoms with Crippen LogP contribution < -0.4 is 19.5 Å². The van der Waals surface area contributed by atoms with E-state index in [1.807, 2.05) is 35.2 Å². The molecule has 3 rings (SSSR count). The molecule has 1 aliphatic rings. The van der Waals surface area contributed by atoms with Gasteiger partial charge in [0.2, 0.25) is 11.7 Å². The summed E-state index contributed by atoms with van der Waals surface area (Å²) in [6, 6.07) is 12.7. The Hall–Kier alpha value is -3.26. The van der Waals surface area contributed by atoms with Crippen LogP contribution in [0.15, 0.2) is 42.5 Å². The van der Waals surface area contributed by atoms with E-state index < -0.39 is 0 Å². The summed E-state index contributed by atoms with van der Waals surface area (Å²) in [5, 5.41) is 2.89. The number of nitrogens with zero attached hydrogens (tertiary/aromatic N) is 2. The molecule has 1 aliphatic heterocycles. The van der Waals surface area contributed by atoms with Crippen molar-refractivity contribution in [1.82, 2.24) is 9.80 Å². The lowest BCUT2D eigenvalue weighted by Gasteiger charge is -2.34. The molecule has 0 bridgehead atoms. The SMILES string of the molecule is COc1cc(NC(=O)CCN2CCN(C(=O)c3ccccc3)CC2)cc(OC)c1OC. The highest BCUT2D eigenvalue weighted by molar-refractivity contribution is 5.94. The van der Waals surface area contributed by atoms with Crippen LogP contribution in [0.4, 0.5) is 5.69 Å². The van der Waals surface area contributed by atoms with Gasteiger partial charge in [0.15, 0.2) is 11.5 Å². The monoisotopic (exact) mass is 427 g/mol. The molecule has 1 fully saturated rings. The molecule has 2 aromatic carbocycles. The minimum absolute atomic E-state index is 0.0559. The fourth-order valence-electron chi connectivity index (χ4n) is 3.57. The number of anilines is 1. The Balaban J connectivity index is 1.48. The average Bonchev–Trinajstić information content (AvgIpc) is 2.82. The lowest BCUT2D eigenvalue weighted by Crippen LogP contribution is -2.49. The molecule has 1 N–H and O–H groups in total. The first-order valence-electron chi connectivity index (χ1n) is 10.2. The third-order valence-electron chi connectivity index (χ3n) is 5.28. The average molecular weight is 428 g/mol. The summed E-state index contributed by atoms with van der Waals surface area (Å²) in [5.74, 6) is 1.40. The Morgan fingerprint density at radius 3 is 2.06 bits per heavy atom. The molecule has 1 heterocycles. The van der Waals surface area contributed by atoms with Gasteiger partial charge in [-0.25, -0.2) is 0 Å². The van der Waals surface area contributed by atoms with E-state index in [2.05, 4.69) is 10.2 Å². The van der Waals surface area contributed by atoms with Crippen molar-refractivity contribution in [1.29, 1.82) is 0 Å². The number of piperazine rings is 1. The highest BCUT2D eigenvalue weighted by Gasteiger charge is 2.22. The second kappa shape index (κ2) is 10.7. The van der Waals surface area contributed by atoms with Gasteiger partial charge >= 0.3 is 0 Å². The van der Waals surface area contributed by atoms with Crippen molar-refractivity contribution in [2.24, 2.45) is 0 Å². The molecular weight excluding hydrogens is 398 g/mol. The molecule has 2 amide bonds. The van der Waals surface area contributed by atoms with Crippen LogP contribution in [-0.2, 0) is 4.79 Å². The summed E-state index contributed by atoms with van der Waals surface area (Å²) in [5.41, 5.74) is 1.29. The first-order chi connectivity index (χ1) is 15.0. The van der Waals surface area contributed by atoms with Crippen LogP contribution in [0, 0.1) is 0 Å². The summed E-state index contributed by atoms with van der Waals surface area (Å²) in [7, 11) is 4.60. The molecule has 31 heavy (non-hydrogen) atoms. The van der Waals surface area contributed by atoms with Crippen LogP contribution in [0.1, 0.15) is 16.8 Å². The van der Waals surface area contributed by atoms with Gasteiger partial charge in [-0.3, -0.25) is 14.5 Å². The van der Waals surface area contributed by atoms with Crippen LogP contribution in [-0.4, -0.2) is 75.7 Å². The third kappa shape index (κ3) is 5.67. The molecule has 0 unspecified atom stereocenters. The number of carbonyl (C=O) groups is 2. The predicted octanol–water partition coefficient (Wildman–Crippen LogP) is 2.50. The molecule has 0 saturated carbocycles. The number of nitrogens with one attached hydrogen (secondary N) is 1. The zero-order valence-electron chi connectivity index (χ0n) is 18.2. The largest absolute Gasteiger partial charge is 0.493 e. The van der Waals surface area contributed by atoms with Gasteiger partial charge in [-0.05, 0) is 12.1 Å². The Labute approximate surface area is 182 Å². The van der Waals surface area contributed by atoms with Crippen molar-refractivity contribution in [2.45, 2.75) is 6.42 Å². The van der Waals surface area contributed by atoms with Gasteiger partial charge in [0.25, 0.3) is 5.91 Å². The summed E-state index contributed by atoms with van der Waals surface area (Å²) < 4.78 is 15.9. The van der Waals surface area contributed by atoms with Crippen molar-refractivity contribution >= 4 is 17.5 Å². The number of methoxy groups -OCH3 is 3. The van der Waals surface area contributed by atoms with Gasteiger partial charge in [0, 0.05) is 62.5 Å². The maximum absolute atomic E-state index is 12.5. The Bertz CT molecular complexity index is 870. The maximum Gasteiger partial charge on any atom is 0.253 e. The van der Waals surface area contributed by atoms with Crippen LogP contribution in [0.5, 0.6) is 17.2 Å². The van der Waals surface area contributed by atoms with Crippen LogP contribution in [0.2, 0.25) is 0 Å². The van der Waals surface area contributed by atoms with Crippen molar-refractivity contribution in [2.75, 3.05) is 59.4 Å². The van der Waals surface area contributed by atoms with Gasteiger partial charge in [0.1, 0.15) is 0 Å². The van der Waals surface area contributed by atoms with Crippen molar-refractivity contribution in [3.05, 3.63) is 48.0 Å². The minimum atomic E-state index is -0.0999. The third-order valence-corrected chi connectivity index (χ3v) is 5.28. The number of hydrogen-bond acceptors (Lipinski definition) is 6. The van der Waals surface area contributed by atoms with Gasteiger partial charge in [0.05, 0.1) is 21.3 Å². The molecule has 8 nitrogen and oxygen atoms in total. The molecular formula is C23H29N3O5. The molecule has 2 aromatic rings. The topological polar surface area (TPSA) is 80.3 Å². The predicted molar refractivity (Wildman–Crippen MR) is 118 cm³/mol. The van der Waals surface area contributed by atoms with E-state index in [1.54, 1.807) is 12.1 Å². The van der Waals surface area contributed by atoms with Crippen LogP contribution in [0.25, 0.3) is 0 Å². The standard InChI is InChI=1S/C23H29N3O5/c1-29-19-15-18(16-20(30-2)22(19)31-3)24-21(27)9-10-25-11-13-26(14-12-25)23(28)17-7-5-4-6-8-17/h4-8,15-16H,9-14H2,1-3H3,(H,24,27). The molecule has 0 aliphatic carbocycles. The zero-order valence-corrected chi connectivity index (χ0v) is 18.2. The molecule has 0 aromatic heterocycles. The van der Waals surface area contributed by atoms with Crippen molar-refractivity contribution in [3.63, 3.8) is 0 Å². The highest BCUT2D eigenvalue weighted by atomic mass is 16.5. The number of carbonyl (C=O) groups excluding carboxylic acids is 2. The highest BCUT2D eigenvalue weighted by Crippen LogP contribution is 2.39. The number of rotatable bonds is 8. The molecule has 166 valence electrons. The van der Waals surface area contributed by atoms with Gasteiger partial charge in [-0.1, -0.05) is 18.2 Å². The number of amides is 2. The summed E-state index contributed by atoms with van der Waals surface area (Å²) >= 11 is 0. The van der Waals surface area contributed by atoms with E-state index in [0.717, 1.165) is 13.1 Å². The van der Waals surface area contributed by atoms with E-state index in [0.29, 0.717) is 54.6 Å². The van der Waals surface area contributed by atoms with Crippen LogP contribution >= 0.6 is 0 Å². The summed E-state index contributed by atoms with van der Waals surface area (Å²) in [6.07, 6.45) is 0.350. The lowest BCUT2D eigenvalue weighted by molar-refractivity contribution is -0.116. The maximum atomic E-state index is 12.5. The molecule has 8 heteroatoms. The first-order valence-corrected chi connectivity index (χ1v) is 10.2. The van der Waals surface area contributed by atoms with Crippen LogP contribution in [0.3, 0.4) is 0 Å². The smallest absolute Gasteiger partial charge is 0.253 e. The van der Waals surface area contributed by atoms with E-state index in [-0.39, 0.29) is 11.8 Å². The molecule has 1 saturated heterocycles. The first kappa shape index (κ1) is 22.4. The molecule has 0 radical (unpaired) electrons. The molecule has 0 atom stereocenters. The minimum Gasteiger partial charge on any atom is -0.493 e. The van der Waals surface area contributed by atoms with E-state index in [1.165, 1.54) is 21.3 Å².